The van der Waals surface area contributed by atoms with E-state index in [2.05, 4.69) is 11.8 Å². The molecule has 2 heterocycles. The SMILES string of the molecule is COC(=O)c1cn(C(=O)c2ccc(CN3CCCC(C)C3)cc2)c2ccccc12. The first-order valence-electron chi connectivity index (χ1n) is 10.1. The summed E-state index contributed by atoms with van der Waals surface area (Å²) in [6.07, 6.45) is 4.13. The van der Waals surface area contributed by atoms with E-state index in [9.17, 15) is 9.59 Å². The number of piperidine rings is 1. The lowest BCUT2D eigenvalue weighted by Crippen LogP contribution is -2.33. The average Bonchev–Trinajstić information content (AvgIpc) is 3.13. The molecule has 150 valence electrons. The van der Waals surface area contributed by atoms with Crippen LogP contribution in [0.5, 0.6) is 0 Å². The van der Waals surface area contributed by atoms with Gasteiger partial charge in [-0.15, -0.1) is 0 Å². The lowest BCUT2D eigenvalue weighted by atomic mass is 9.99. The van der Waals surface area contributed by atoms with Crippen LogP contribution in [-0.2, 0) is 11.3 Å². The van der Waals surface area contributed by atoms with Crippen LogP contribution in [0.3, 0.4) is 0 Å². The summed E-state index contributed by atoms with van der Waals surface area (Å²) >= 11 is 0. The number of nitrogens with zero attached hydrogens (tertiary/aromatic N) is 2. The van der Waals surface area contributed by atoms with Crippen molar-refractivity contribution in [2.24, 2.45) is 5.92 Å². The molecule has 4 rings (SSSR count). The van der Waals surface area contributed by atoms with Crippen LogP contribution in [0, 0.1) is 5.92 Å². The van der Waals surface area contributed by atoms with Gasteiger partial charge in [-0.2, -0.15) is 0 Å². The molecule has 1 unspecified atom stereocenters. The van der Waals surface area contributed by atoms with Gasteiger partial charge in [0.1, 0.15) is 0 Å². The summed E-state index contributed by atoms with van der Waals surface area (Å²) in [6, 6.07) is 15.2. The molecule has 29 heavy (non-hydrogen) atoms. The van der Waals surface area contributed by atoms with Crippen molar-refractivity contribution in [3.63, 3.8) is 0 Å². The van der Waals surface area contributed by atoms with E-state index in [0.29, 0.717) is 22.0 Å². The third-order valence-electron chi connectivity index (χ3n) is 5.68. The van der Waals surface area contributed by atoms with E-state index < -0.39 is 5.97 Å². The number of carbonyl (C=O) groups is 2. The van der Waals surface area contributed by atoms with Crippen LogP contribution < -0.4 is 0 Å². The zero-order chi connectivity index (χ0) is 20.4. The van der Waals surface area contributed by atoms with Gasteiger partial charge in [0, 0.05) is 30.2 Å². The van der Waals surface area contributed by atoms with Gasteiger partial charge in [-0.25, -0.2) is 4.79 Å². The number of hydrogen-bond acceptors (Lipinski definition) is 4. The Labute approximate surface area is 170 Å². The Morgan fingerprint density at radius 3 is 2.59 bits per heavy atom. The smallest absolute Gasteiger partial charge is 0.340 e. The van der Waals surface area contributed by atoms with Crippen molar-refractivity contribution < 1.29 is 14.3 Å². The molecule has 1 aliphatic heterocycles. The van der Waals surface area contributed by atoms with E-state index in [-0.39, 0.29) is 5.91 Å². The number of methoxy groups -OCH3 is 1. The van der Waals surface area contributed by atoms with Crippen LogP contribution in [0.25, 0.3) is 10.9 Å². The summed E-state index contributed by atoms with van der Waals surface area (Å²) in [5.74, 6) is 0.143. The average molecular weight is 390 g/mol. The highest BCUT2D eigenvalue weighted by atomic mass is 16.5. The van der Waals surface area contributed by atoms with Gasteiger partial charge in [-0.05, 0) is 49.1 Å². The number of ether oxygens (including phenoxy) is 1. The number of benzene rings is 2. The van der Waals surface area contributed by atoms with Crippen molar-refractivity contribution in [3.05, 3.63) is 71.4 Å². The van der Waals surface area contributed by atoms with Crippen LogP contribution in [0.2, 0.25) is 0 Å². The van der Waals surface area contributed by atoms with Gasteiger partial charge in [0.15, 0.2) is 0 Å². The summed E-state index contributed by atoms with van der Waals surface area (Å²) in [7, 11) is 1.35. The highest BCUT2D eigenvalue weighted by Crippen LogP contribution is 2.24. The molecular weight excluding hydrogens is 364 g/mol. The first-order chi connectivity index (χ1) is 14.1. The summed E-state index contributed by atoms with van der Waals surface area (Å²) in [4.78, 5) is 27.7. The van der Waals surface area contributed by atoms with Gasteiger partial charge >= 0.3 is 5.97 Å². The molecule has 0 bridgehead atoms. The molecular formula is C24H26N2O3. The molecule has 1 saturated heterocycles. The van der Waals surface area contributed by atoms with Crippen molar-refractivity contribution in [2.45, 2.75) is 26.3 Å². The molecule has 2 aromatic carbocycles. The van der Waals surface area contributed by atoms with Crippen molar-refractivity contribution in [3.8, 4) is 0 Å². The minimum absolute atomic E-state index is 0.158. The molecule has 0 radical (unpaired) electrons. The van der Waals surface area contributed by atoms with Crippen LogP contribution >= 0.6 is 0 Å². The zero-order valence-corrected chi connectivity index (χ0v) is 16.9. The lowest BCUT2D eigenvalue weighted by Gasteiger charge is -2.30. The molecule has 1 aliphatic rings. The number of likely N-dealkylation sites (tertiary alicyclic amines) is 1. The summed E-state index contributed by atoms with van der Waals surface area (Å²) < 4.78 is 6.40. The quantitative estimate of drug-likeness (QED) is 0.622. The molecule has 1 fully saturated rings. The molecule has 5 heteroatoms. The Morgan fingerprint density at radius 2 is 1.86 bits per heavy atom. The predicted octanol–water partition coefficient (Wildman–Crippen LogP) is 4.35. The second kappa shape index (κ2) is 8.21. The Hall–Kier alpha value is -2.92. The van der Waals surface area contributed by atoms with Crippen molar-refractivity contribution in [1.82, 2.24) is 9.47 Å². The largest absolute Gasteiger partial charge is 0.465 e. The minimum Gasteiger partial charge on any atom is -0.465 e. The molecule has 3 aromatic rings. The van der Waals surface area contributed by atoms with E-state index in [1.165, 1.54) is 30.1 Å². The van der Waals surface area contributed by atoms with Crippen LogP contribution in [-0.4, -0.2) is 41.5 Å². The summed E-state index contributed by atoms with van der Waals surface area (Å²) in [6.45, 7) is 5.48. The maximum absolute atomic E-state index is 13.1. The Balaban J connectivity index is 1.58. The number of hydrogen-bond donors (Lipinski definition) is 0. The van der Waals surface area contributed by atoms with E-state index in [4.69, 9.17) is 4.74 Å². The minimum atomic E-state index is -0.446. The third-order valence-corrected chi connectivity index (χ3v) is 5.68. The Morgan fingerprint density at radius 1 is 1.10 bits per heavy atom. The Bertz CT molecular complexity index is 1040. The summed E-state index contributed by atoms with van der Waals surface area (Å²) in [5, 5.41) is 0.712. The lowest BCUT2D eigenvalue weighted by molar-refractivity contribution is 0.0603. The standard InChI is InChI=1S/C24H26N2O3/c1-17-6-5-13-25(14-17)15-18-9-11-19(12-10-18)23(27)26-16-21(24(28)29-2)20-7-3-4-8-22(20)26/h3-4,7-12,16-17H,5-6,13-15H2,1-2H3. The van der Waals surface area contributed by atoms with Gasteiger partial charge in [-0.3, -0.25) is 14.3 Å². The second-order valence-corrected chi connectivity index (χ2v) is 7.91. The number of esters is 1. The fraction of sp³-hybridized carbons (Fsp3) is 0.333. The first kappa shape index (κ1) is 19.4. The van der Waals surface area contributed by atoms with Crippen molar-refractivity contribution in [1.29, 1.82) is 0 Å². The topological polar surface area (TPSA) is 51.5 Å². The number of rotatable bonds is 4. The van der Waals surface area contributed by atoms with Gasteiger partial charge in [-0.1, -0.05) is 37.3 Å². The van der Waals surface area contributed by atoms with E-state index >= 15 is 0 Å². The molecule has 0 amide bonds. The van der Waals surface area contributed by atoms with E-state index in [1.54, 1.807) is 6.20 Å². The number of carbonyl (C=O) groups excluding carboxylic acids is 2. The number of para-hydroxylation sites is 1. The molecule has 1 atom stereocenters. The van der Waals surface area contributed by atoms with Crippen molar-refractivity contribution >= 4 is 22.8 Å². The van der Waals surface area contributed by atoms with Gasteiger partial charge < -0.3 is 4.74 Å². The highest BCUT2D eigenvalue weighted by Gasteiger charge is 2.20. The van der Waals surface area contributed by atoms with Crippen LogP contribution in [0.15, 0.2) is 54.7 Å². The fourth-order valence-corrected chi connectivity index (χ4v) is 4.20. The normalized spacial score (nSPS) is 17.4. The Kier molecular flexibility index (Phi) is 5.49. The van der Waals surface area contributed by atoms with Gasteiger partial charge in [0.05, 0.1) is 18.2 Å². The predicted molar refractivity (Wildman–Crippen MR) is 113 cm³/mol. The maximum Gasteiger partial charge on any atom is 0.340 e. The second-order valence-electron chi connectivity index (χ2n) is 7.91. The molecule has 0 spiro atoms. The van der Waals surface area contributed by atoms with Crippen LogP contribution in [0.1, 0.15) is 46.0 Å². The van der Waals surface area contributed by atoms with E-state index in [0.717, 1.165) is 25.6 Å². The summed E-state index contributed by atoms with van der Waals surface area (Å²) in [5.41, 5.74) is 2.90. The van der Waals surface area contributed by atoms with Crippen LogP contribution in [0.4, 0.5) is 0 Å². The van der Waals surface area contributed by atoms with Gasteiger partial charge in [0.2, 0.25) is 0 Å². The van der Waals surface area contributed by atoms with E-state index in [1.807, 2.05) is 48.5 Å². The fourth-order valence-electron chi connectivity index (χ4n) is 4.20. The molecule has 0 aliphatic carbocycles. The molecule has 5 nitrogen and oxygen atoms in total. The van der Waals surface area contributed by atoms with Crippen molar-refractivity contribution in [2.75, 3.05) is 20.2 Å². The highest BCUT2D eigenvalue weighted by molar-refractivity contribution is 6.09. The molecule has 0 saturated carbocycles. The maximum atomic E-state index is 13.1. The third kappa shape index (κ3) is 3.96. The number of fused-ring (bicyclic) bond motifs is 1. The monoisotopic (exact) mass is 390 g/mol. The zero-order valence-electron chi connectivity index (χ0n) is 16.9. The first-order valence-corrected chi connectivity index (χ1v) is 10.1. The van der Waals surface area contributed by atoms with Gasteiger partial charge in [0.25, 0.3) is 5.91 Å². The molecule has 0 N–H and O–H groups in total. The number of aromatic nitrogens is 1. The molecule has 1 aromatic heterocycles.